The number of hydrogen-bond donors (Lipinski definition) is 1. The van der Waals surface area contributed by atoms with Crippen molar-refractivity contribution in [3.05, 3.63) is 0 Å². The van der Waals surface area contributed by atoms with Crippen LogP contribution in [0, 0.1) is 0 Å². The molecule has 1 aliphatic heterocycles. The Kier molecular flexibility index (Phi) is 3.34. The largest absolute Gasteiger partial charge is 0.314 e. The fourth-order valence-corrected chi connectivity index (χ4v) is 1.54. The molecule has 0 aliphatic carbocycles. The molecule has 1 fully saturated rings. The van der Waals surface area contributed by atoms with Crippen LogP contribution >= 0.6 is 0 Å². The van der Waals surface area contributed by atoms with E-state index in [0.29, 0.717) is 0 Å². The Morgan fingerprint density at radius 3 is 2.55 bits per heavy atom. The zero-order chi connectivity index (χ0) is 8.27. The summed E-state index contributed by atoms with van der Waals surface area (Å²) in [6, 6.07) is 1.56. The number of rotatable bonds is 4. The molecule has 0 spiro atoms. The van der Waals surface area contributed by atoms with Crippen LogP contribution < -0.4 is 5.32 Å². The predicted octanol–water partition coefficient (Wildman–Crippen LogP) is 1.08. The summed E-state index contributed by atoms with van der Waals surface area (Å²) in [7, 11) is 2.24. The lowest BCUT2D eigenvalue weighted by Crippen LogP contribution is -2.58. The van der Waals surface area contributed by atoms with Gasteiger partial charge in [0.15, 0.2) is 0 Å². The van der Waals surface area contributed by atoms with E-state index in [1.807, 2.05) is 0 Å². The average molecular weight is 156 g/mol. The highest BCUT2D eigenvalue weighted by molar-refractivity contribution is 4.84. The molecule has 1 N–H and O–H groups in total. The van der Waals surface area contributed by atoms with Gasteiger partial charge in [-0.15, -0.1) is 0 Å². The topological polar surface area (TPSA) is 15.3 Å². The Balaban J connectivity index is 2.21. The van der Waals surface area contributed by atoms with Gasteiger partial charge in [0, 0.05) is 25.2 Å². The third-order valence-corrected chi connectivity index (χ3v) is 2.74. The minimum atomic E-state index is 0.757. The maximum absolute atomic E-state index is 3.30. The molecule has 0 aromatic rings. The summed E-state index contributed by atoms with van der Waals surface area (Å²) in [6.45, 7) is 6.94. The van der Waals surface area contributed by atoms with Crippen molar-refractivity contribution in [1.82, 2.24) is 10.2 Å². The van der Waals surface area contributed by atoms with Gasteiger partial charge < -0.3 is 5.32 Å². The van der Waals surface area contributed by atoms with E-state index in [0.717, 1.165) is 12.1 Å². The zero-order valence-corrected chi connectivity index (χ0v) is 7.93. The Morgan fingerprint density at radius 2 is 2.18 bits per heavy atom. The molecule has 0 amide bonds. The van der Waals surface area contributed by atoms with Gasteiger partial charge in [-0.3, -0.25) is 4.90 Å². The minimum absolute atomic E-state index is 0.757. The second-order valence-corrected chi connectivity index (χ2v) is 3.62. The van der Waals surface area contributed by atoms with E-state index in [2.05, 4.69) is 31.1 Å². The number of nitrogens with zero attached hydrogens (tertiary/aromatic N) is 1. The van der Waals surface area contributed by atoms with Gasteiger partial charge in [0.25, 0.3) is 0 Å². The van der Waals surface area contributed by atoms with E-state index >= 15 is 0 Å². The highest BCUT2D eigenvalue weighted by Gasteiger charge is 2.24. The molecule has 0 saturated carbocycles. The zero-order valence-electron chi connectivity index (χ0n) is 7.93. The summed E-state index contributed by atoms with van der Waals surface area (Å²) >= 11 is 0. The maximum Gasteiger partial charge on any atom is 0.0345 e. The lowest BCUT2D eigenvalue weighted by Gasteiger charge is -2.39. The molecule has 1 unspecified atom stereocenters. The van der Waals surface area contributed by atoms with E-state index in [4.69, 9.17) is 0 Å². The lowest BCUT2D eigenvalue weighted by atomic mass is 10.1. The summed E-state index contributed by atoms with van der Waals surface area (Å²) in [5.41, 5.74) is 0. The number of hydrogen-bond acceptors (Lipinski definition) is 2. The van der Waals surface area contributed by atoms with Gasteiger partial charge in [-0.05, 0) is 20.4 Å². The highest BCUT2D eigenvalue weighted by atomic mass is 15.2. The first-order valence-electron chi connectivity index (χ1n) is 4.68. The quantitative estimate of drug-likeness (QED) is 0.655. The van der Waals surface area contributed by atoms with Crippen LogP contribution in [0.4, 0.5) is 0 Å². The van der Waals surface area contributed by atoms with E-state index in [-0.39, 0.29) is 0 Å². The third-order valence-electron chi connectivity index (χ3n) is 2.74. The van der Waals surface area contributed by atoms with E-state index < -0.39 is 0 Å². The van der Waals surface area contributed by atoms with Crippen molar-refractivity contribution in [3.63, 3.8) is 0 Å². The van der Waals surface area contributed by atoms with Crippen LogP contribution in [0.2, 0.25) is 0 Å². The Hall–Kier alpha value is -0.0800. The van der Waals surface area contributed by atoms with E-state index in [1.54, 1.807) is 0 Å². The van der Waals surface area contributed by atoms with Crippen molar-refractivity contribution in [1.29, 1.82) is 0 Å². The van der Waals surface area contributed by atoms with Crippen molar-refractivity contribution >= 4 is 0 Å². The molecule has 0 aromatic heterocycles. The summed E-state index contributed by atoms with van der Waals surface area (Å²) in [6.07, 6.45) is 2.62. The Morgan fingerprint density at radius 1 is 1.55 bits per heavy atom. The van der Waals surface area contributed by atoms with Gasteiger partial charge in [-0.25, -0.2) is 0 Å². The van der Waals surface area contributed by atoms with Crippen molar-refractivity contribution in [2.24, 2.45) is 0 Å². The molecule has 0 bridgehead atoms. The summed E-state index contributed by atoms with van der Waals surface area (Å²) in [5.74, 6) is 0. The molecule has 1 saturated heterocycles. The summed E-state index contributed by atoms with van der Waals surface area (Å²) < 4.78 is 0. The van der Waals surface area contributed by atoms with Gasteiger partial charge in [0.1, 0.15) is 0 Å². The average Bonchev–Trinajstić information content (AvgIpc) is 1.84. The Bertz CT molecular complexity index is 110. The van der Waals surface area contributed by atoms with Gasteiger partial charge in [0.2, 0.25) is 0 Å². The van der Waals surface area contributed by atoms with Crippen LogP contribution in [-0.4, -0.2) is 37.1 Å². The molecule has 1 rings (SSSR count). The lowest BCUT2D eigenvalue weighted by molar-refractivity contribution is 0.130. The first-order valence-corrected chi connectivity index (χ1v) is 4.68. The highest BCUT2D eigenvalue weighted by Crippen LogP contribution is 2.10. The van der Waals surface area contributed by atoms with Crippen LogP contribution in [0.25, 0.3) is 0 Å². The molecular formula is C9H20N2. The normalized spacial score (nSPS) is 21.8. The van der Waals surface area contributed by atoms with E-state index in [1.165, 1.54) is 25.9 Å². The van der Waals surface area contributed by atoms with Crippen LogP contribution in [-0.2, 0) is 0 Å². The Labute approximate surface area is 70.0 Å². The fourth-order valence-electron chi connectivity index (χ4n) is 1.54. The number of nitrogens with one attached hydrogen (secondary N) is 1. The van der Waals surface area contributed by atoms with Gasteiger partial charge >= 0.3 is 0 Å². The monoisotopic (exact) mass is 156 g/mol. The summed E-state index contributed by atoms with van der Waals surface area (Å²) in [5, 5.41) is 3.30. The fraction of sp³-hybridized carbons (Fsp3) is 1.00. The van der Waals surface area contributed by atoms with Crippen LogP contribution in [0.3, 0.4) is 0 Å². The maximum atomic E-state index is 3.30. The minimum Gasteiger partial charge on any atom is -0.314 e. The smallest absolute Gasteiger partial charge is 0.0345 e. The van der Waals surface area contributed by atoms with Gasteiger partial charge in [-0.2, -0.15) is 0 Å². The number of likely N-dealkylation sites (N-methyl/N-ethyl adjacent to an activating group) is 1. The standard InChI is InChI=1S/C9H20N2/c1-4-5-8(2)11(3)9-6-10-7-9/h8-10H,4-7H2,1-3H3. The van der Waals surface area contributed by atoms with Crippen molar-refractivity contribution in [2.75, 3.05) is 20.1 Å². The molecule has 0 aromatic carbocycles. The second-order valence-electron chi connectivity index (χ2n) is 3.62. The SMILES string of the molecule is CCCC(C)N(C)C1CNC1. The summed E-state index contributed by atoms with van der Waals surface area (Å²) in [4.78, 5) is 2.50. The molecule has 11 heavy (non-hydrogen) atoms. The molecule has 2 nitrogen and oxygen atoms in total. The molecule has 1 aliphatic rings. The molecule has 0 radical (unpaired) electrons. The molecular weight excluding hydrogens is 136 g/mol. The van der Waals surface area contributed by atoms with Gasteiger partial charge in [-0.1, -0.05) is 13.3 Å². The van der Waals surface area contributed by atoms with E-state index in [9.17, 15) is 0 Å². The first-order chi connectivity index (χ1) is 5.25. The molecule has 66 valence electrons. The van der Waals surface area contributed by atoms with Crippen molar-refractivity contribution in [3.8, 4) is 0 Å². The second kappa shape index (κ2) is 4.07. The molecule has 1 atom stereocenters. The molecule has 1 heterocycles. The third kappa shape index (κ3) is 2.17. The van der Waals surface area contributed by atoms with Crippen LogP contribution in [0.1, 0.15) is 26.7 Å². The first kappa shape index (κ1) is 9.01. The van der Waals surface area contributed by atoms with Crippen molar-refractivity contribution in [2.45, 2.75) is 38.8 Å². The molecule has 2 heteroatoms. The van der Waals surface area contributed by atoms with Gasteiger partial charge in [0.05, 0.1) is 0 Å². The van der Waals surface area contributed by atoms with Crippen LogP contribution in [0.15, 0.2) is 0 Å². The van der Waals surface area contributed by atoms with Crippen molar-refractivity contribution < 1.29 is 0 Å². The predicted molar refractivity (Wildman–Crippen MR) is 48.8 cm³/mol. The van der Waals surface area contributed by atoms with Crippen LogP contribution in [0.5, 0.6) is 0 Å².